The summed E-state index contributed by atoms with van der Waals surface area (Å²) >= 11 is 5.51. The van der Waals surface area contributed by atoms with Crippen LogP contribution in [0.25, 0.3) is 0 Å². The van der Waals surface area contributed by atoms with E-state index >= 15 is 0 Å². The second-order valence-electron chi connectivity index (χ2n) is 4.75. The smallest absolute Gasteiger partial charge is 0.0928 e. The number of alkyl halides is 1. The molecule has 1 heterocycles. The molecule has 0 aliphatic rings. The zero-order valence-corrected chi connectivity index (χ0v) is 11.7. The Labute approximate surface area is 99.1 Å². The normalized spacial score (nSPS) is 14.4. The van der Waals surface area contributed by atoms with Crippen molar-refractivity contribution in [2.45, 2.75) is 45.4 Å². The number of aromatic nitrogens is 1. The van der Waals surface area contributed by atoms with Gasteiger partial charge in [-0.15, -0.1) is 11.3 Å². The number of rotatable bonds is 3. The van der Waals surface area contributed by atoms with Crippen molar-refractivity contribution in [2.75, 3.05) is 0 Å². The standard InChI is InChI=1S/C11H18BrNS/c1-8-7-14-10(13-8)6-5-9(12)11(2,3)4/h7,9H,5-6H2,1-4H3. The Morgan fingerprint density at radius 1 is 1.50 bits per heavy atom. The van der Waals surface area contributed by atoms with Gasteiger partial charge in [-0.05, 0) is 18.8 Å². The number of aryl methyl sites for hydroxylation is 2. The van der Waals surface area contributed by atoms with E-state index in [1.54, 1.807) is 11.3 Å². The van der Waals surface area contributed by atoms with Crippen molar-refractivity contribution >= 4 is 27.3 Å². The van der Waals surface area contributed by atoms with Gasteiger partial charge in [0, 0.05) is 22.3 Å². The molecule has 1 unspecified atom stereocenters. The lowest BCUT2D eigenvalue weighted by Gasteiger charge is -2.25. The maximum Gasteiger partial charge on any atom is 0.0928 e. The summed E-state index contributed by atoms with van der Waals surface area (Å²) in [6.45, 7) is 8.84. The molecule has 0 bridgehead atoms. The SMILES string of the molecule is Cc1csc(CCC(Br)C(C)(C)C)n1. The van der Waals surface area contributed by atoms with Crippen molar-refractivity contribution in [1.29, 1.82) is 0 Å². The Bertz CT molecular complexity index is 288. The largest absolute Gasteiger partial charge is 0.247 e. The summed E-state index contributed by atoms with van der Waals surface area (Å²) < 4.78 is 0. The number of nitrogens with zero attached hydrogens (tertiary/aromatic N) is 1. The van der Waals surface area contributed by atoms with Crippen molar-refractivity contribution in [3.8, 4) is 0 Å². The van der Waals surface area contributed by atoms with Gasteiger partial charge in [-0.2, -0.15) is 0 Å². The molecule has 3 heteroatoms. The minimum absolute atomic E-state index is 0.340. The maximum atomic E-state index is 4.46. The third-order valence-corrected chi connectivity index (χ3v) is 5.08. The van der Waals surface area contributed by atoms with E-state index in [9.17, 15) is 0 Å². The first-order valence-corrected chi connectivity index (χ1v) is 6.74. The summed E-state index contributed by atoms with van der Waals surface area (Å²) in [6.07, 6.45) is 2.25. The molecule has 1 aromatic rings. The molecular weight excluding hydrogens is 258 g/mol. The average Bonchev–Trinajstić information content (AvgIpc) is 2.45. The van der Waals surface area contributed by atoms with Crippen LogP contribution < -0.4 is 0 Å². The highest BCUT2D eigenvalue weighted by molar-refractivity contribution is 9.09. The van der Waals surface area contributed by atoms with Crippen LogP contribution >= 0.6 is 27.3 Å². The summed E-state index contributed by atoms with van der Waals surface area (Å²) in [6, 6.07) is 0. The van der Waals surface area contributed by atoms with E-state index in [0.717, 1.165) is 18.5 Å². The van der Waals surface area contributed by atoms with Crippen LogP contribution in [-0.2, 0) is 6.42 Å². The van der Waals surface area contributed by atoms with E-state index < -0.39 is 0 Å². The zero-order valence-electron chi connectivity index (χ0n) is 9.30. The van der Waals surface area contributed by atoms with Crippen LogP contribution in [0.2, 0.25) is 0 Å². The highest BCUT2D eigenvalue weighted by atomic mass is 79.9. The van der Waals surface area contributed by atoms with E-state index in [1.807, 2.05) is 0 Å². The van der Waals surface area contributed by atoms with E-state index in [0.29, 0.717) is 10.2 Å². The second-order valence-corrected chi connectivity index (χ2v) is 6.80. The number of halogens is 1. The number of hydrogen-bond acceptors (Lipinski definition) is 2. The van der Waals surface area contributed by atoms with Crippen LogP contribution in [-0.4, -0.2) is 9.81 Å². The molecule has 0 N–H and O–H groups in total. The Morgan fingerprint density at radius 3 is 2.57 bits per heavy atom. The van der Waals surface area contributed by atoms with Crippen LogP contribution in [0.5, 0.6) is 0 Å². The lowest BCUT2D eigenvalue weighted by atomic mass is 9.90. The molecule has 0 amide bonds. The van der Waals surface area contributed by atoms with Crippen molar-refractivity contribution < 1.29 is 0 Å². The summed E-state index contributed by atoms with van der Waals surface area (Å²) in [5, 5.41) is 3.38. The van der Waals surface area contributed by atoms with Crippen LogP contribution in [0, 0.1) is 12.3 Å². The summed E-state index contributed by atoms with van der Waals surface area (Å²) in [7, 11) is 0. The molecule has 0 spiro atoms. The maximum absolute atomic E-state index is 4.46. The van der Waals surface area contributed by atoms with Gasteiger partial charge < -0.3 is 0 Å². The van der Waals surface area contributed by atoms with Crippen LogP contribution in [0.15, 0.2) is 5.38 Å². The fourth-order valence-corrected chi connectivity index (χ4v) is 2.22. The van der Waals surface area contributed by atoms with E-state index in [2.05, 4.69) is 54.0 Å². The minimum Gasteiger partial charge on any atom is -0.247 e. The molecule has 80 valence electrons. The lowest BCUT2D eigenvalue weighted by Crippen LogP contribution is -2.20. The molecule has 0 saturated carbocycles. The van der Waals surface area contributed by atoms with Gasteiger partial charge >= 0.3 is 0 Å². The Balaban J connectivity index is 2.41. The van der Waals surface area contributed by atoms with E-state index in [1.165, 1.54) is 5.01 Å². The van der Waals surface area contributed by atoms with Crippen LogP contribution in [0.1, 0.15) is 37.9 Å². The molecule has 0 aliphatic heterocycles. The summed E-state index contributed by atoms with van der Waals surface area (Å²) in [4.78, 5) is 5.03. The molecule has 0 radical (unpaired) electrons. The molecule has 0 aromatic carbocycles. The Morgan fingerprint density at radius 2 is 2.14 bits per heavy atom. The molecule has 0 saturated heterocycles. The average molecular weight is 276 g/mol. The van der Waals surface area contributed by atoms with Gasteiger partial charge in [0.25, 0.3) is 0 Å². The van der Waals surface area contributed by atoms with Gasteiger partial charge in [-0.25, -0.2) is 4.98 Å². The second kappa shape index (κ2) is 4.75. The van der Waals surface area contributed by atoms with Gasteiger partial charge in [-0.1, -0.05) is 36.7 Å². The van der Waals surface area contributed by atoms with E-state index in [-0.39, 0.29) is 0 Å². The molecule has 0 aliphatic carbocycles. The third kappa shape index (κ3) is 3.70. The quantitative estimate of drug-likeness (QED) is 0.754. The molecule has 0 fully saturated rings. The fourth-order valence-electron chi connectivity index (χ4n) is 1.20. The van der Waals surface area contributed by atoms with Crippen LogP contribution in [0.4, 0.5) is 0 Å². The first kappa shape index (κ1) is 12.2. The van der Waals surface area contributed by atoms with Gasteiger partial charge in [0.15, 0.2) is 0 Å². The zero-order chi connectivity index (χ0) is 10.8. The first-order valence-electron chi connectivity index (χ1n) is 4.94. The molecule has 1 aromatic heterocycles. The molecule has 14 heavy (non-hydrogen) atoms. The number of hydrogen-bond donors (Lipinski definition) is 0. The van der Waals surface area contributed by atoms with Gasteiger partial charge in [0.05, 0.1) is 5.01 Å². The third-order valence-electron chi connectivity index (χ3n) is 2.22. The van der Waals surface area contributed by atoms with Crippen molar-refractivity contribution in [2.24, 2.45) is 5.41 Å². The molecule has 1 nitrogen and oxygen atoms in total. The fraction of sp³-hybridized carbons (Fsp3) is 0.727. The highest BCUT2D eigenvalue weighted by Crippen LogP contribution is 2.29. The number of thiazole rings is 1. The van der Waals surface area contributed by atoms with Gasteiger partial charge in [0.2, 0.25) is 0 Å². The summed E-state index contributed by atoms with van der Waals surface area (Å²) in [5.41, 5.74) is 1.48. The highest BCUT2D eigenvalue weighted by Gasteiger charge is 2.21. The van der Waals surface area contributed by atoms with Gasteiger partial charge in [-0.3, -0.25) is 0 Å². The van der Waals surface area contributed by atoms with Crippen molar-refractivity contribution in [3.63, 3.8) is 0 Å². The molecule has 1 rings (SSSR count). The Kier molecular flexibility index (Phi) is 4.14. The Hall–Kier alpha value is 0.110. The topological polar surface area (TPSA) is 12.9 Å². The molecule has 1 atom stereocenters. The van der Waals surface area contributed by atoms with E-state index in [4.69, 9.17) is 0 Å². The predicted molar refractivity (Wildman–Crippen MR) is 67.3 cm³/mol. The van der Waals surface area contributed by atoms with Crippen LogP contribution in [0.3, 0.4) is 0 Å². The lowest BCUT2D eigenvalue weighted by molar-refractivity contribution is 0.385. The van der Waals surface area contributed by atoms with Gasteiger partial charge in [0.1, 0.15) is 0 Å². The monoisotopic (exact) mass is 275 g/mol. The summed E-state index contributed by atoms with van der Waals surface area (Å²) in [5.74, 6) is 0. The van der Waals surface area contributed by atoms with Crippen molar-refractivity contribution in [1.82, 2.24) is 4.98 Å². The minimum atomic E-state index is 0.340. The van der Waals surface area contributed by atoms with Crippen molar-refractivity contribution in [3.05, 3.63) is 16.1 Å². The predicted octanol–water partition coefficient (Wildman–Crippen LogP) is 4.19. The first-order chi connectivity index (χ1) is 6.39. The molecular formula is C11H18BrNS.